The predicted molar refractivity (Wildman–Crippen MR) is 265 cm³/mol. The van der Waals surface area contributed by atoms with Crippen LogP contribution in [0.15, 0.2) is 96.1 Å². The molecule has 0 radical (unpaired) electrons. The standard InChI is InChI=1S/2C28H31.C2H7Si.2ClH.Zr/c2*1-2-19-6-8-24(9-7-19)26-5-3-4-25-13-23(14-27(25)26)18-28-15-20-10-21(16-28)12-22(11-20)17-28;1-3-2;;;/h2*3-9,13-14,20-22H,2,10-12,15-18H2,1H3;3H,1-2H3;2*1H;/q;;;;;+2/p-2. The van der Waals surface area contributed by atoms with Gasteiger partial charge in [-0.1, -0.05) is 0 Å². The molecule has 62 heavy (non-hydrogen) atoms. The molecule has 0 aromatic heterocycles. The fourth-order valence-corrected chi connectivity index (χ4v) is 48.9. The molecule has 2 atom stereocenters. The molecule has 14 rings (SSSR count). The summed E-state index contributed by atoms with van der Waals surface area (Å²) in [4.78, 5) is 0. The van der Waals surface area contributed by atoms with E-state index in [4.69, 9.17) is 0 Å². The van der Waals surface area contributed by atoms with Crippen molar-refractivity contribution in [2.24, 2.45) is 46.3 Å². The van der Waals surface area contributed by atoms with Crippen molar-refractivity contribution in [2.45, 2.75) is 137 Å². The van der Waals surface area contributed by atoms with Crippen molar-refractivity contribution in [1.29, 1.82) is 0 Å². The molecule has 4 aromatic rings. The van der Waals surface area contributed by atoms with Crippen LogP contribution in [0.3, 0.4) is 0 Å². The summed E-state index contributed by atoms with van der Waals surface area (Å²) in [5.41, 5.74) is 18.1. The van der Waals surface area contributed by atoms with E-state index in [0.717, 1.165) is 48.3 Å². The first-order chi connectivity index (χ1) is 29.9. The molecular formula is C58H69Cl2SiZr. The van der Waals surface area contributed by atoms with E-state index in [0.29, 0.717) is 10.8 Å². The molecule has 0 spiro atoms. The Hall–Kier alpha value is -1.96. The van der Waals surface area contributed by atoms with E-state index in [2.05, 4.69) is 124 Å². The summed E-state index contributed by atoms with van der Waals surface area (Å²) in [5.74, 6) is 3.80. The van der Waals surface area contributed by atoms with Crippen molar-refractivity contribution in [3.05, 3.63) is 129 Å². The zero-order valence-corrected chi connectivity index (χ0v) is 43.1. The van der Waals surface area contributed by atoms with Crippen LogP contribution in [0, 0.1) is 46.3 Å². The fraction of sp³-hybridized carbons (Fsp3) is 0.517. The number of halogens is 2. The third-order valence-electron chi connectivity index (χ3n) is 19.3. The Bertz CT molecular complexity index is 2250. The number of benzene rings is 4. The molecule has 4 aromatic carbocycles. The van der Waals surface area contributed by atoms with Gasteiger partial charge >= 0.3 is 386 Å². The molecule has 0 amide bonds. The van der Waals surface area contributed by atoms with Gasteiger partial charge in [0.25, 0.3) is 0 Å². The molecule has 4 heteroatoms. The number of rotatable bonds is 11. The predicted octanol–water partition coefficient (Wildman–Crippen LogP) is 16.9. The van der Waals surface area contributed by atoms with Crippen LogP contribution < -0.4 is 0 Å². The molecule has 2 unspecified atom stereocenters. The zero-order valence-electron chi connectivity index (χ0n) is 38.0. The van der Waals surface area contributed by atoms with E-state index in [1.54, 1.807) is 11.1 Å². The quantitative estimate of drug-likeness (QED) is 0.131. The van der Waals surface area contributed by atoms with Crippen LogP contribution in [0.4, 0.5) is 0 Å². The van der Waals surface area contributed by atoms with Crippen LogP contribution in [0.25, 0.3) is 34.4 Å². The van der Waals surface area contributed by atoms with Gasteiger partial charge in [-0.25, -0.2) is 0 Å². The van der Waals surface area contributed by atoms with Crippen LogP contribution in [0.2, 0.25) is 13.1 Å². The van der Waals surface area contributed by atoms with E-state index in [1.165, 1.54) is 146 Å². The molecule has 0 saturated heterocycles. The van der Waals surface area contributed by atoms with Crippen molar-refractivity contribution in [1.82, 2.24) is 0 Å². The fourth-order valence-electron chi connectivity index (χ4n) is 17.6. The topological polar surface area (TPSA) is 0 Å². The van der Waals surface area contributed by atoms with Gasteiger partial charge in [0.05, 0.1) is 0 Å². The maximum atomic E-state index is 9.39. The maximum absolute atomic E-state index is 9.39. The molecule has 0 N–H and O–H groups in total. The Morgan fingerprint density at radius 2 is 0.839 bits per heavy atom. The molecule has 10 aliphatic rings. The second-order valence-corrected chi connectivity index (χ2v) is 66.1. The van der Waals surface area contributed by atoms with Crippen molar-refractivity contribution in [2.75, 3.05) is 0 Å². The van der Waals surface area contributed by atoms with E-state index in [-0.39, 0.29) is 7.25 Å². The summed E-state index contributed by atoms with van der Waals surface area (Å²) in [6.45, 7) is 9.74. The number of hydrogen-bond donors (Lipinski definition) is 0. The van der Waals surface area contributed by atoms with Gasteiger partial charge in [0.1, 0.15) is 0 Å². The van der Waals surface area contributed by atoms with Gasteiger partial charge in [-0.2, -0.15) is 0 Å². The average Bonchev–Trinajstić information content (AvgIpc) is 3.81. The zero-order chi connectivity index (χ0) is 42.2. The first-order valence-corrected chi connectivity index (χ1v) is 41.7. The third kappa shape index (κ3) is 6.53. The minimum atomic E-state index is -5.11. The second-order valence-electron chi connectivity index (χ2n) is 23.6. The molecule has 0 heterocycles. The summed E-state index contributed by atoms with van der Waals surface area (Å²) in [5, 5.41) is 0. The van der Waals surface area contributed by atoms with E-state index in [9.17, 15) is 17.0 Å². The Balaban J connectivity index is 1.05. The van der Waals surface area contributed by atoms with Gasteiger partial charge in [0.2, 0.25) is 0 Å². The van der Waals surface area contributed by atoms with Crippen molar-refractivity contribution < 1.29 is 15.6 Å². The number of fused-ring (bicyclic) bond motifs is 2. The summed E-state index contributed by atoms with van der Waals surface area (Å²) in [6.07, 6.45) is 27.4. The van der Waals surface area contributed by atoms with Gasteiger partial charge in [0.15, 0.2) is 0 Å². The summed E-state index contributed by atoms with van der Waals surface area (Å²) < 4.78 is 0.292. The molecule has 10 aliphatic carbocycles. The van der Waals surface area contributed by atoms with E-state index < -0.39 is 21.5 Å². The van der Waals surface area contributed by atoms with Gasteiger partial charge in [0, 0.05) is 0 Å². The van der Waals surface area contributed by atoms with Gasteiger partial charge in [-0.05, 0) is 0 Å². The Morgan fingerprint density at radius 3 is 1.15 bits per heavy atom. The molecule has 8 fully saturated rings. The Morgan fingerprint density at radius 1 is 0.500 bits per heavy atom. The Kier molecular flexibility index (Phi) is 10.1. The van der Waals surface area contributed by atoms with Crippen LogP contribution in [0.1, 0.15) is 144 Å². The molecule has 0 aliphatic heterocycles. The third-order valence-corrected chi connectivity index (χ3v) is 71.2. The van der Waals surface area contributed by atoms with Gasteiger partial charge < -0.3 is 0 Å². The first-order valence-electron chi connectivity index (χ1n) is 25.3. The molecule has 8 bridgehead atoms. The van der Waals surface area contributed by atoms with Crippen LogP contribution in [0.5, 0.6) is 0 Å². The summed E-state index contributed by atoms with van der Waals surface area (Å²) in [7, 11) is 18.8. The van der Waals surface area contributed by atoms with Crippen molar-refractivity contribution in [3.63, 3.8) is 0 Å². The van der Waals surface area contributed by atoms with Crippen LogP contribution >= 0.6 is 17.0 Å². The number of hydrogen-bond acceptors (Lipinski definition) is 0. The average molecular weight is 956 g/mol. The van der Waals surface area contributed by atoms with Crippen molar-refractivity contribution in [3.8, 4) is 22.3 Å². The van der Waals surface area contributed by atoms with E-state index in [1.807, 2.05) is 0 Å². The SMILES string of the molecule is CCc1ccc(-c2cccc3c2C=C(CC24CC5CC(CC(C5)C2)C4)[CH]3[Zr]([Cl])([Cl])([CH]2C(CC34CC5CC(CC(C5)C3)C4)=Cc3c(-c4ccc(CC)cc4)cccc32)[SiH](C)C)cc1. The van der Waals surface area contributed by atoms with Gasteiger partial charge in [-0.15, -0.1) is 0 Å². The summed E-state index contributed by atoms with van der Waals surface area (Å²) in [6, 6.07) is 33.5. The molecule has 0 nitrogen and oxygen atoms in total. The normalized spacial score (nSPS) is 34.3. The second kappa shape index (κ2) is 15.0. The van der Waals surface area contributed by atoms with E-state index >= 15 is 0 Å². The molecule has 8 saturated carbocycles. The number of aryl methyl sites for hydroxylation is 2. The van der Waals surface area contributed by atoms with Crippen LogP contribution in [-0.2, 0) is 28.4 Å². The number of allylic oxidation sites excluding steroid dienone is 2. The molecular weight excluding hydrogens is 887 g/mol. The Labute approximate surface area is 382 Å². The summed E-state index contributed by atoms with van der Waals surface area (Å²) >= 11 is -5.11. The monoisotopic (exact) mass is 953 g/mol. The van der Waals surface area contributed by atoms with Gasteiger partial charge in [-0.3, -0.25) is 0 Å². The van der Waals surface area contributed by atoms with Crippen molar-refractivity contribution >= 4 is 35.1 Å². The first kappa shape index (κ1) is 41.5. The minimum absolute atomic E-state index is 0.146. The van der Waals surface area contributed by atoms with Crippen LogP contribution in [-0.4, -0.2) is 5.92 Å². The molecule has 323 valence electrons.